The predicted octanol–water partition coefficient (Wildman–Crippen LogP) is 1.41. The van der Waals surface area contributed by atoms with Gasteiger partial charge in [-0.2, -0.15) is 4.37 Å². The first-order valence-electron chi connectivity index (χ1n) is 5.55. The van der Waals surface area contributed by atoms with Crippen molar-refractivity contribution in [1.29, 1.82) is 0 Å². The third kappa shape index (κ3) is 2.66. The molecule has 0 aliphatic carbocycles. The zero-order chi connectivity index (χ0) is 10.7. The Bertz CT molecular complexity index is 310. The molecule has 1 aromatic heterocycles. The summed E-state index contributed by atoms with van der Waals surface area (Å²) in [7, 11) is 0. The SMILES string of the molecule is Cc1nsc(N2CCCC(CCN)C2)n1. The number of piperidine rings is 1. The van der Waals surface area contributed by atoms with Crippen molar-refractivity contribution in [1.82, 2.24) is 9.36 Å². The van der Waals surface area contributed by atoms with E-state index in [1.807, 2.05) is 6.92 Å². The summed E-state index contributed by atoms with van der Waals surface area (Å²) in [5, 5.41) is 1.08. The maximum absolute atomic E-state index is 5.60. The van der Waals surface area contributed by atoms with Crippen LogP contribution in [0.1, 0.15) is 25.1 Å². The highest BCUT2D eigenvalue weighted by Gasteiger charge is 2.21. The molecule has 4 nitrogen and oxygen atoms in total. The molecule has 84 valence electrons. The quantitative estimate of drug-likeness (QED) is 0.846. The predicted molar refractivity (Wildman–Crippen MR) is 63.3 cm³/mol. The Hall–Kier alpha value is -0.680. The molecule has 0 aromatic carbocycles. The monoisotopic (exact) mass is 226 g/mol. The van der Waals surface area contributed by atoms with Gasteiger partial charge in [-0.3, -0.25) is 0 Å². The van der Waals surface area contributed by atoms with E-state index in [2.05, 4.69) is 14.3 Å². The molecule has 15 heavy (non-hydrogen) atoms. The number of rotatable bonds is 3. The molecule has 1 fully saturated rings. The van der Waals surface area contributed by atoms with Crippen LogP contribution in [0.3, 0.4) is 0 Å². The molecule has 0 spiro atoms. The minimum atomic E-state index is 0.743. The molecule has 1 aliphatic rings. The van der Waals surface area contributed by atoms with Crippen LogP contribution in [0.25, 0.3) is 0 Å². The summed E-state index contributed by atoms with van der Waals surface area (Å²) >= 11 is 1.51. The molecule has 0 saturated carbocycles. The van der Waals surface area contributed by atoms with Crippen molar-refractivity contribution in [3.05, 3.63) is 5.82 Å². The maximum atomic E-state index is 5.60. The first-order chi connectivity index (χ1) is 7.29. The van der Waals surface area contributed by atoms with Gasteiger partial charge in [0.15, 0.2) is 0 Å². The lowest BCUT2D eigenvalue weighted by molar-refractivity contribution is 0.396. The summed E-state index contributed by atoms with van der Waals surface area (Å²) in [5.74, 6) is 1.63. The van der Waals surface area contributed by atoms with E-state index in [-0.39, 0.29) is 0 Å². The molecule has 1 aliphatic heterocycles. The summed E-state index contributed by atoms with van der Waals surface area (Å²) in [6, 6.07) is 0. The van der Waals surface area contributed by atoms with Crippen molar-refractivity contribution in [3.63, 3.8) is 0 Å². The molecule has 1 aromatic rings. The van der Waals surface area contributed by atoms with Crippen molar-refractivity contribution in [3.8, 4) is 0 Å². The first-order valence-corrected chi connectivity index (χ1v) is 6.32. The number of nitrogens with zero attached hydrogens (tertiary/aromatic N) is 3. The standard InChI is InChI=1S/C10H18N4S/c1-8-12-10(15-13-8)14-6-2-3-9(7-14)4-5-11/h9H,2-7,11H2,1H3. The van der Waals surface area contributed by atoms with E-state index in [0.29, 0.717) is 0 Å². The minimum absolute atomic E-state index is 0.743. The Morgan fingerprint density at radius 3 is 3.13 bits per heavy atom. The molecule has 0 bridgehead atoms. The van der Waals surface area contributed by atoms with Crippen molar-refractivity contribution < 1.29 is 0 Å². The fourth-order valence-electron chi connectivity index (χ4n) is 2.12. The first kappa shape index (κ1) is 10.8. The van der Waals surface area contributed by atoms with Crippen LogP contribution in [-0.2, 0) is 0 Å². The molecule has 1 atom stereocenters. The van der Waals surface area contributed by atoms with Crippen molar-refractivity contribution in [2.75, 3.05) is 24.5 Å². The largest absolute Gasteiger partial charge is 0.347 e. The number of anilines is 1. The Morgan fingerprint density at radius 1 is 1.60 bits per heavy atom. The molecular formula is C10H18N4S. The number of hydrogen-bond donors (Lipinski definition) is 1. The Morgan fingerprint density at radius 2 is 2.47 bits per heavy atom. The lowest BCUT2D eigenvalue weighted by Gasteiger charge is -2.32. The molecule has 0 amide bonds. The van der Waals surface area contributed by atoms with E-state index >= 15 is 0 Å². The minimum Gasteiger partial charge on any atom is -0.347 e. The highest BCUT2D eigenvalue weighted by Crippen LogP contribution is 2.25. The zero-order valence-corrected chi connectivity index (χ0v) is 9.96. The van der Waals surface area contributed by atoms with Crippen LogP contribution in [0.5, 0.6) is 0 Å². The van der Waals surface area contributed by atoms with Gasteiger partial charge in [-0.15, -0.1) is 0 Å². The highest BCUT2D eigenvalue weighted by atomic mass is 32.1. The Labute approximate surface area is 94.7 Å². The van der Waals surface area contributed by atoms with Gasteiger partial charge < -0.3 is 10.6 Å². The van der Waals surface area contributed by atoms with Gasteiger partial charge >= 0.3 is 0 Å². The smallest absolute Gasteiger partial charge is 0.205 e. The molecule has 5 heteroatoms. The summed E-state index contributed by atoms with van der Waals surface area (Å²) in [5.41, 5.74) is 5.60. The summed E-state index contributed by atoms with van der Waals surface area (Å²) in [6.45, 7) is 4.97. The molecular weight excluding hydrogens is 208 g/mol. The maximum Gasteiger partial charge on any atom is 0.205 e. The summed E-state index contributed by atoms with van der Waals surface area (Å²) < 4.78 is 4.23. The second-order valence-electron chi connectivity index (χ2n) is 4.16. The average Bonchev–Trinajstić information content (AvgIpc) is 2.66. The van der Waals surface area contributed by atoms with Crippen molar-refractivity contribution in [2.45, 2.75) is 26.2 Å². The van der Waals surface area contributed by atoms with Gasteiger partial charge in [0.2, 0.25) is 5.13 Å². The van der Waals surface area contributed by atoms with Gasteiger partial charge in [0.1, 0.15) is 5.82 Å². The number of nitrogens with two attached hydrogens (primary N) is 1. The molecule has 1 unspecified atom stereocenters. The fraction of sp³-hybridized carbons (Fsp3) is 0.800. The van der Waals surface area contributed by atoms with Crippen LogP contribution < -0.4 is 10.6 Å². The van der Waals surface area contributed by atoms with Gasteiger partial charge in [-0.05, 0) is 38.6 Å². The third-order valence-electron chi connectivity index (χ3n) is 2.88. The Kier molecular flexibility index (Phi) is 3.53. The molecule has 0 radical (unpaired) electrons. The number of aromatic nitrogens is 2. The lowest BCUT2D eigenvalue weighted by Crippen LogP contribution is -2.36. The van der Waals surface area contributed by atoms with Gasteiger partial charge in [0.05, 0.1) is 0 Å². The molecule has 2 N–H and O–H groups in total. The van der Waals surface area contributed by atoms with Gasteiger partial charge in [0, 0.05) is 24.6 Å². The van der Waals surface area contributed by atoms with E-state index in [0.717, 1.165) is 42.9 Å². The third-order valence-corrected chi connectivity index (χ3v) is 3.75. The van der Waals surface area contributed by atoms with Crippen LogP contribution in [-0.4, -0.2) is 29.0 Å². The molecule has 2 heterocycles. The van der Waals surface area contributed by atoms with Crippen LogP contribution >= 0.6 is 11.5 Å². The van der Waals surface area contributed by atoms with Crippen molar-refractivity contribution >= 4 is 16.7 Å². The summed E-state index contributed by atoms with van der Waals surface area (Å²) in [6.07, 6.45) is 3.70. The van der Waals surface area contributed by atoms with Crippen LogP contribution in [0.15, 0.2) is 0 Å². The van der Waals surface area contributed by atoms with E-state index in [9.17, 15) is 0 Å². The highest BCUT2D eigenvalue weighted by molar-refractivity contribution is 7.09. The molecule has 1 saturated heterocycles. The van der Waals surface area contributed by atoms with Crippen LogP contribution in [0.4, 0.5) is 5.13 Å². The van der Waals surface area contributed by atoms with Gasteiger partial charge in [0.25, 0.3) is 0 Å². The lowest BCUT2D eigenvalue weighted by atomic mass is 9.95. The summed E-state index contributed by atoms with van der Waals surface area (Å²) in [4.78, 5) is 6.79. The van der Waals surface area contributed by atoms with Crippen molar-refractivity contribution in [2.24, 2.45) is 11.7 Å². The normalized spacial score (nSPS) is 22.0. The van der Waals surface area contributed by atoms with E-state index in [1.165, 1.54) is 24.4 Å². The van der Waals surface area contributed by atoms with Crippen LogP contribution in [0, 0.1) is 12.8 Å². The topological polar surface area (TPSA) is 55.0 Å². The second-order valence-corrected chi connectivity index (χ2v) is 4.89. The van der Waals surface area contributed by atoms with E-state index in [1.54, 1.807) is 0 Å². The fourth-order valence-corrected chi connectivity index (χ4v) is 2.83. The average molecular weight is 226 g/mol. The molecule has 2 rings (SSSR count). The van der Waals surface area contributed by atoms with Gasteiger partial charge in [-0.25, -0.2) is 4.98 Å². The second kappa shape index (κ2) is 4.90. The number of aryl methyl sites for hydroxylation is 1. The van der Waals surface area contributed by atoms with Gasteiger partial charge in [-0.1, -0.05) is 0 Å². The van der Waals surface area contributed by atoms with E-state index in [4.69, 9.17) is 5.73 Å². The zero-order valence-electron chi connectivity index (χ0n) is 9.15. The number of hydrogen-bond acceptors (Lipinski definition) is 5. The van der Waals surface area contributed by atoms with Crippen LogP contribution in [0.2, 0.25) is 0 Å². The van der Waals surface area contributed by atoms with E-state index < -0.39 is 0 Å². The Balaban J connectivity index is 1.98.